The summed E-state index contributed by atoms with van der Waals surface area (Å²) in [5, 5.41) is 15.3. The predicted octanol–water partition coefficient (Wildman–Crippen LogP) is 1.39. The van der Waals surface area contributed by atoms with Gasteiger partial charge in [-0.1, -0.05) is 0 Å². The Hall–Kier alpha value is -2.94. The van der Waals surface area contributed by atoms with Crippen molar-refractivity contribution in [3.05, 3.63) is 58.0 Å². The topological polar surface area (TPSA) is 87.8 Å². The SMILES string of the molecule is CCn1nc(C(=O)Nc2ccc(C#N)cc2)ccc1=O. The first-order valence-electron chi connectivity index (χ1n) is 6.03. The van der Waals surface area contributed by atoms with Crippen LogP contribution in [0.15, 0.2) is 41.2 Å². The molecule has 0 fully saturated rings. The van der Waals surface area contributed by atoms with Gasteiger partial charge in [0.05, 0.1) is 11.6 Å². The van der Waals surface area contributed by atoms with E-state index in [9.17, 15) is 9.59 Å². The van der Waals surface area contributed by atoms with E-state index in [4.69, 9.17) is 5.26 Å². The first-order valence-corrected chi connectivity index (χ1v) is 6.03. The molecule has 1 heterocycles. The van der Waals surface area contributed by atoms with Crippen LogP contribution in [0.2, 0.25) is 0 Å². The summed E-state index contributed by atoms with van der Waals surface area (Å²) < 4.78 is 1.22. The van der Waals surface area contributed by atoms with Gasteiger partial charge in [-0.2, -0.15) is 10.4 Å². The van der Waals surface area contributed by atoms with Crippen LogP contribution >= 0.6 is 0 Å². The summed E-state index contributed by atoms with van der Waals surface area (Å²) in [6, 6.07) is 11.2. The summed E-state index contributed by atoms with van der Waals surface area (Å²) in [4.78, 5) is 23.4. The van der Waals surface area contributed by atoms with Crippen LogP contribution in [-0.4, -0.2) is 15.7 Å². The molecule has 1 aromatic heterocycles. The van der Waals surface area contributed by atoms with Gasteiger partial charge in [0.25, 0.3) is 11.5 Å². The highest BCUT2D eigenvalue weighted by Crippen LogP contribution is 2.09. The molecule has 0 spiro atoms. The Kier molecular flexibility index (Phi) is 3.91. The fourth-order valence-corrected chi connectivity index (χ4v) is 1.62. The van der Waals surface area contributed by atoms with Gasteiger partial charge in [-0.15, -0.1) is 0 Å². The molecule has 1 N–H and O–H groups in total. The molecule has 0 aliphatic rings. The van der Waals surface area contributed by atoms with E-state index in [-0.39, 0.29) is 11.3 Å². The average molecular weight is 268 g/mol. The highest BCUT2D eigenvalue weighted by molar-refractivity contribution is 6.02. The number of benzene rings is 1. The maximum atomic E-state index is 12.0. The first-order chi connectivity index (χ1) is 9.63. The van der Waals surface area contributed by atoms with E-state index < -0.39 is 5.91 Å². The smallest absolute Gasteiger partial charge is 0.276 e. The van der Waals surface area contributed by atoms with E-state index in [1.807, 2.05) is 6.07 Å². The van der Waals surface area contributed by atoms with Gasteiger partial charge in [-0.3, -0.25) is 9.59 Å². The highest BCUT2D eigenvalue weighted by atomic mass is 16.2. The number of aryl methyl sites for hydroxylation is 1. The van der Waals surface area contributed by atoms with Crippen LogP contribution in [0.4, 0.5) is 5.69 Å². The van der Waals surface area contributed by atoms with Gasteiger partial charge in [-0.05, 0) is 37.3 Å². The third-order valence-electron chi connectivity index (χ3n) is 2.67. The van der Waals surface area contributed by atoms with Gasteiger partial charge in [0, 0.05) is 18.3 Å². The van der Waals surface area contributed by atoms with Crippen LogP contribution in [0, 0.1) is 11.3 Å². The molecule has 0 radical (unpaired) electrons. The lowest BCUT2D eigenvalue weighted by Crippen LogP contribution is -2.25. The minimum atomic E-state index is -0.406. The summed E-state index contributed by atoms with van der Waals surface area (Å²) in [5.41, 5.74) is 0.990. The summed E-state index contributed by atoms with van der Waals surface area (Å²) in [5.74, 6) is -0.406. The molecule has 2 rings (SSSR count). The molecule has 100 valence electrons. The van der Waals surface area contributed by atoms with Crippen molar-refractivity contribution in [2.45, 2.75) is 13.5 Å². The number of carbonyl (C=O) groups excluding carboxylic acids is 1. The largest absolute Gasteiger partial charge is 0.321 e. The zero-order chi connectivity index (χ0) is 14.5. The monoisotopic (exact) mass is 268 g/mol. The van der Waals surface area contributed by atoms with Gasteiger partial charge >= 0.3 is 0 Å². The Labute approximate surface area is 115 Å². The molecule has 0 unspecified atom stereocenters. The minimum absolute atomic E-state index is 0.163. The van der Waals surface area contributed by atoms with E-state index in [2.05, 4.69) is 10.4 Å². The number of carbonyl (C=O) groups is 1. The number of rotatable bonds is 3. The molecular formula is C14H12N4O2. The van der Waals surface area contributed by atoms with Crippen LogP contribution in [0.1, 0.15) is 23.0 Å². The van der Waals surface area contributed by atoms with Crippen molar-refractivity contribution in [2.24, 2.45) is 0 Å². The lowest BCUT2D eigenvalue weighted by molar-refractivity contribution is 0.102. The van der Waals surface area contributed by atoms with Crippen molar-refractivity contribution >= 4 is 11.6 Å². The molecule has 0 atom stereocenters. The molecule has 20 heavy (non-hydrogen) atoms. The lowest BCUT2D eigenvalue weighted by atomic mass is 10.2. The van der Waals surface area contributed by atoms with E-state index in [0.717, 1.165) is 0 Å². The van der Waals surface area contributed by atoms with Gasteiger partial charge in [0.1, 0.15) is 5.69 Å². The Morgan fingerprint density at radius 1 is 1.30 bits per heavy atom. The highest BCUT2D eigenvalue weighted by Gasteiger charge is 2.09. The van der Waals surface area contributed by atoms with E-state index >= 15 is 0 Å². The number of aromatic nitrogens is 2. The normalized spacial score (nSPS) is 9.80. The summed E-state index contributed by atoms with van der Waals surface area (Å²) in [6.07, 6.45) is 0. The molecule has 0 saturated heterocycles. The Morgan fingerprint density at radius 3 is 2.60 bits per heavy atom. The fraction of sp³-hybridized carbons (Fsp3) is 0.143. The Bertz CT molecular complexity index is 726. The van der Waals surface area contributed by atoms with Crippen molar-refractivity contribution in [1.29, 1.82) is 5.26 Å². The van der Waals surface area contributed by atoms with Crippen LogP contribution in [-0.2, 0) is 6.54 Å². The summed E-state index contributed by atoms with van der Waals surface area (Å²) in [7, 11) is 0. The molecule has 0 aliphatic heterocycles. The molecule has 0 aliphatic carbocycles. The predicted molar refractivity (Wildman–Crippen MR) is 73.3 cm³/mol. The fourth-order valence-electron chi connectivity index (χ4n) is 1.62. The number of hydrogen-bond acceptors (Lipinski definition) is 4. The third-order valence-corrected chi connectivity index (χ3v) is 2.67. The van der Waals surface area contributed by atoms with Gasteiger partial charge in [0.2, 0.25) is 0 Å². The van der Waals surface area contributed by atoms with Crippen LogP contribution in [0.25, 0.3) is 0 Å². The molecule has 0 saturated carbocycles. The van der Waals surface area contributed by atoms with Gasteiger partial charge in [0.15, 0.2) is 0 Å². The number of nitriles is 1. The number of amides is 1. The van der Waals surface area contributed by atoms with Crippen LogP contribution in [0.5, 0.6) is 0 Å². The summed E-state index contributed by atoms with van der Waals surface area (Å²) in [6.45, 7) is 2.17. The van der Waals surface area contributed by atoms with E-state index in [0.29, 0.717) is 17.8 Å². The Balaban J connectivity index is 2.19. The number of nitrogens with zero attached hydrogens (tertiary/aromatic N) is 3. The van der Waals surface area contributed by atoms with Gasteiger partial charge in [-0.25, -0.2) is 4.68 Å². The van der Waals surface area contributed by atoms with E-state index in [1.54, 1.807) is 31.2 Å². The molecular weight excluding hydrogens is 256 g/mol. The summed E-state index contributed by atoms with van der Waals surface area (Å²) >= 11 is 0. The second-order valence-electron chi connectivity index (χ2n) is 4.02. The maximum absolute atomic E-state index is 12.0. The van der Waals surface area contributed by atoms with Crippen LogP contribution in [0.3, 0.4) is 0 Å². The zero-order valence-electron chi connectivity index (χ0n) is 10.8. The van der Waals surface area contributed by atoms with Crippen molar-refractivity contribution < 1.29 is 4.79 Å². The first kappa shape index (κ1) is 13.5. The quantitative estimate of drug-likeness (QED) is 0.911. The molecule has 1 amide bonds. The third kappa shape index (κ3) is 2.90. The van der Waals surface area contributed by atoms with Gasteiger partial charge < -0.3 is 5.32 Å². The zero-order valence-corrected chi connectivity index (χ0v) is 10.8. The second-order valence-corrected chi connectivity index (χ2v) is 4.02. The van der Waals surface area contributed by atoms with Crippen molar-refractivity contribution in [3.63, 3.8) is 0 Å². The molecule has 6 heteroatoms. The number of hydrogen-bond donors (Lipinski definition) is 1. The number of anilines is 1. The number of nitrogens with one attached hydrogen (secondary N) is 1. The minimum Gasteiger partial charge on any atom is -0.321 e. The average Bonchev–Trinajstić information content (AvgIpc) is 2.48. The lowest BCUT2D eigenvalue weighted by Gasteiger charge is -2.06. The van der Waals surface area contributed by atoms with Crippen molar-refractivity contribution in [3.8, 4) is 6.07 Å². The maximum Gasteiger partial charge on any atom is 0.276 e. The molecule has 6 nitrogen and oxygen atoms in total. The molecule has 1 aromatic carbocycles. The molecule has 0 bridgehead atoms. The van der Waals surface area contributed by atoms with Crippen molar-refractivity contribution in [2.75, 3.05) is 5.32 Å². The molecule has 2 aromatic rings. The second kappa shape index (κ2) is 5.80. The van der Waals surface area contributed by atoms with E-state index in [1.165, 1.54) is 16.8 Å². The Morgan fingerprint density at radius 2 is 2.00 bits per heavy atom. The van der Waals surface area contributed by atoms with Crippen molar-refractivity contribution in [1.82, 2.24) is 9.78 Å². The standard InChI is InChI=1S/C14H12N4O2/c1-2-18-13(19)8-7-12(17-18)14(20)16-11-5-3-10(9-15)4-6-11/h3-8H,2H2,1H3,(H,16,20). The van der Waals surface area contributed by atoms with Crippen LogP contribution < -0.4 is 10.9 Å².